The quantitative estimate of drug-likeness (QED) is 0.466. The second-order valence-corrected chi connectivity index (χ2v) is 6.04. The molecular weight excluding hydrogens is 242 g/mol. The standard InChI is InChI=1S/C19H31N/c1-5-7-8-9-10-11-12-13-18-14-19(16(3)4)20-15-17(18)6-2/h6,14-16H,2,5,7-13H2,1,3-4H3. The van der Waals surface area contributed by atoms with Gasteiger partial charge < -0.3 is 0 Å². The Kier molecular flexibility index (Phi) is 8.25. The Bertz CT molecular complexity index is 393. The fourth-order valence-corrected chi connectivity index (χ4v) is 2.51. The van der Waals surface area contributed by atoms with Gasteiger partial charge in [0.15, 0.2) is 0 Å². The molecule has 0 aliphatic carbocycles. The summed E-state index contributed by atoms with van der Waals surface area (Å²) in [5.74, 6) is 0.502. The van der Waals surface area contributed by atoms with Crippen LogP contribution >= 0.6 is 0 Å². The highest BCUT2D eigenvalue weighted by Crippen LogP contribution is 2.19. The summed E-state index contributed by atoms with van der Waals surface area (Å²) in [6.45, 7) is 10.6. The number of pyridine rings is 1. The van der Waals surface area contributed by atoms with Gasteiger partial charge in [-0.2, -0.15) is 0 Å². The van der Waals surface area contributed by atoms with Crippen LogP contribution in [0.2, 0.25) is 0 Å². The highest BCUT2D eigenvalue weighted by Gasteiger charge is 2.06. The van der Waals surface area contributed by atoms with Gasteiger partial charge in [-0.05, 0) is 36.0 Å². The number of aromatic nitrogens is 1. The first kappa shape index (κ1) is 16.9. The van der Waals surface area contributed by atoms with Gasteiger partial charge in [0.1, 0.15) is 0 Å². The van der Waals surface area contributed by atoms with Gasteiger partial charge in [0.2, 0.25) is 0 Å². The molecule has 0 saturated carbocycles. The highest BCUT2D eigenvalue weighted by molar-refractivity contribution is 5.51. The Balaban J connectivity index is 2.41. The first-order valence-electron chi connectivity index (χ1n) is 8.30. The van der Waals surface area contributed by atoms with Gasteiger partial charge in [-0.3, -0.25) is 4.98 Å². The monoisotopic (exact) mass is 273 g/mol. The van der Waals surface area contributed by atoms with Crippen molar-refractivity contribution < 1.29 is 0 Å². The molecule has 0 atom stereocenters. The molecule has 0 bridgehead atoms. The largest absolute Gasteiger partial charge is 0.260 e. The van der Waals surface area contributed by atoms with Gasteiger partial charge in [-0.15, -0.1) is 0 Å². The molecule has 20 heavy (non-hydrogen) atoms. The van der Waals surface area contributed by atoms with Crippen molar-refractivity contribution in [3.05, 3.63) is 35.7 Å². The van der Waals surface area contributed by atoms with Crippen molar-refractivity contribution in [1.29, 1.82) is 0 Å². The summed E-state index contributed by atoms with van der Waals surface area (Å²) < 4.78 is 0. The number of nitrogens with zero attached hydrogens (tertiary/aromatic N) is 1. The first-order valence-corrected chi connectivity index (χ1v) is 8.30. The molecule has 0 amide bonds. The second-order valence-electron chi connectivity index (χ2n) is 6.04. The summed E-state index contributed by atoms with van der Waals surface area (Å²) >= 11 is 0. The van der Waals surface area contributed by atoms with E-state index in [1.165, 1.54) is 61.8 Å². The molecule has 1 aromatic rings. The molecule has 1 aromatic heterocycles. The van der Waals surface area contributed by atoms with Gasteiger partial charge in [-0.25, -0.2) is 0 Å². The summed E-state index contributed by atoms with van der Waals surface area (Å²) in [5, 5.41) is 0. The minimum absolute atomic E-state index is 0.502. The van der Waals surface area contributed by atoms with Crippen LogP contribution in [0.25, 0.3) is 6.08 Å². The lowest BCUT2D eigenvalue weighted by Crippen LogP contribution is -1.98. The third kappa shape index (κ3) is 5.90. The minimum atomic E-state index is 0.502. The van der Waals surface area contributed by atoms with E-state index in [9.17, 15) is 0 Å². The minimum Gasteiger partial charge on any atom is -0.260 e. The van der Waals surface area contributed by atoms with Crippen LogP contribution in [0.3, 0.4) is 0 Å². The number of hydrogen-bond donors (Lipinski definition) is 0. The van der Waals surface area contributed by atoms with E-state index in [4.69, 9.17) is 0 Å². The van der Waals surface area contributed by atoms with Crippen molar-refractivity contribution in [2.24, 2.45) is 0 Å². The molecule has 0 radical (unpaired) electrons. The topological polar surface area (TPSA) is 12.9 Å². The van der Waals surface area contributed by atoms with Crippen molar-refractivity contribution in [3.63, 3.8) is 0 Å². The number of rotatable bonds is 10. The van der Waals surface area contributed by atoms with Crippen molar-refractivity contribution in [3.8, 4) is 0 Å². The average Bonchev–Trinajstić information content (AvgIpc) is 2.46. The molecule has 0 aliphatic rings. The Morgan fingerprint density at radius 1 is 1.10 bits per heavy atom. The summed E-state index contributed by atoms with van der Waals surface area (Å²) in [7, 11) is 0. The van der Waals surface area contributed by atoms with E-state index in [1.807, 2.05) is 12.3 Å². The first-order chi connectivity index (χ1) is 9.69. The zero-order valence-corrected chi connectivity index (χ0v) is 13.6. The van der Waals surface area contributed by atoms with Crippen LogP contribution in [-0.4, -0.2) is 4.98 Å². The molecule has 0 N–H and O–H groups in total. The SMILES string of the molecule is C=Cc1cnc(C(C)C)cc1CCCCCCCCC. The van der Waals surface area contributed by atoms with Crippen LogP contribution in [0.1, 0.15) is 88.5 Å². The Labute approximate surface area is 125 Å². The summed E-state index contributed by atoms with van der Waals surface area (Å²) in [6, 6.07) is 2.28. The zero-order valence-electron chi connectivity index (χ0n) is 13.6. The molecule has 0 fully saturated rings. The van der Waals surface area contributed by atoms with E-state index in [0.29, 0.717) is 5.92 Å². The normalized spacial score (nSPS) is 11.0. The van der Waals surface area contributed by atoms with E-state index in [0.717, 1.165) is 6.42 Å². The van der Waals surface area contributed by atoms with Crippen molar-refractivity contribution in [1.82, 2.24) is 4.98 Å². The van der Waals surface area contributed by atoms with Crippen LogP contribution in [0, 0.1) is 0 Å². The third-order valence-electron chi connectivity index (χ3n) is 3.91. The number of aryl methyl sites for hydroxylation is 1. The van der Waals surface area contributed by atoms with Gasteiger partial charge in [0, 0.05) is 11.9 Å². The lowest BCUT2D eigenvalue weighted by molar-refractivity contribution is 0.589. The van der Waals surface area contributed by atoms with E-state index in [2.05, 4.69) is 38.4 Å². The van der Waals surface area contributed by atoms with E-state index < -0.39 is 0 Å². The lowest BCUT2D eigenvalue weighted by Gasteiger charge is -2.10. The highest BCUT2D eigenvalue weighted by atomic mass is 14.7. The van der Waals surface area contributed by atoms with Gasteiger partial charge in [0.05, 0.1) is 0 Å². The molecule has 0 saturated heterocycles. The lowest BCUT2D eigenvalue weighted by atomic mass is 9.98. The fraction of sp³-hybridized carbons (Fsp3) is 0.632. The Morgan fingerprint density at radius 3 is 2.35 bits per heavy atom. The van der Waals surface area contributed by atoms with Gasteiger partial charge in [-0.1, -0.05) is 72.0 Å². The molecule has 0 spiro atoms. The van der Waals surface area contributed by atoms with E-state index >= 15 is 0 Å². The molecule has 1 heterocycles. The second kappa shape index (κ2) is 9.74. The zero-order chi connectivity index (χ0) is 14.8. The molecule has 0 unspecified atom stereocenters. The fourth-order valence-electron chi connectivity index (χ4n) is 2.51. The van der Waals surface area contributed by atoms with Crippen molar-refractivity contribution >= 4 is 6.08 Å². The molecule has 0 aromatic carbocycles. The number of unbranched alkanes of at least 4 members (excludes halogenated alkanes) is 6. The van der Waals surface area contributed by atoms with Crippen molar-refractivity contribution in [2.75, 3.05) is 0 Å². The molecule has 1 nitrogen and oxygen atoms in total. The van der Waals surface area contributed by atoms with Crippen LogP contribution in [0.5, 0.6) is 0 Å². The summed E-state index contributed by atoms with van der Waals surface area (Å²) in [4.78, 5) is 4.52. The summed E-state index contributed by atoms with van der Waals surface area (Å²) in [6.07, 6.45) is 14.6. The molecule has 112 valence electrons. The van der Waals surface area contributed by atoms with E-state index in [-0.39, 0.29) is 0 Å². The smallest absolute Gasteiger partial charge is 0.0432 e. The summed E-state index contributed by atoms with van der Waals surface area (Å²) in [5.41, 5.74) is 3.83. The van der Waals surface area contributed by atoms with Crippen molar-refractivity contribution in [2.45, 2.75) is 78.1 Å². The predicted octanol–water partition coefficient (Wildman–Crippen LogP) is 6.14. The Hall–Kier alpha value is -1.11. The third-order valence-corrected chi connectivity index (χ3v) is 3.91. The predicted molar refractivity (Wildman–Crippen MR) is 90.1 cm³/mol. The maximum Gasteiger partial charge on any atom is 0.0432 e. The van der Waals surface area contributed by atoms with Crippen LogP contribution in [-0.2, 0) is 6.42 Å². The van der Waals surface area contributed by atoms with Crippen LogP contribution in [0.4, 0.5) is 0 Å². The molecular formula is C19H31N. The maximum absolute atomic E-state index is 4.52. The van der Waals surface area contributed by atoms with Gasteiger partial charge >= 0.3 is 0 Å². The number of hydrogen-bond acceptors (Lipinski definition) is 1. The van der Waals surface area contributed by atoms with Gasteiger partial charge in [0.25, 0.3) is 0 Å². The Morgan fingerprint density at radius 2 is 1.75 bits per heavy atom. The van der Waals surface area contributed by atoms with E-state index in [1.54, 1.807) is 0 Å². The van der Waals surface area contributed by atoms with Crippen LogP contribution in [0.15, 0.2) is 18.8 Å². The van der Waals surface area contributed by atoms with Crippen LogP contribution < -0.4 is 0 Å². The average molecular weight is 273 g/mol. The molecule has 1 heteroatoms. The molecule has 1 rings (SSSR count). The maximum atomic E-state index is 4.52. The molecule has 0 aliphatic heterocycles.